The highest BCUT2D eigenvalue weighted by Gasteiger charge is 2.18. The summed E-state index contributed by atoms with van der Waals surface area (Å²) in [5.74, 6) is -0.458. The van der Waals surface area contributed by atoms with Gasteiger partial charge in [0.1, 0.15) is 21.3 Å². The van der Waals surface area contributed by atoms with Crippen molar-refractivity contribution in [2.24, 2.45) is 0 Å². The first-order valence-electron chi connectivity index (χ1n) is 9.39. The smallest absolute Gasteiger partial charge is 0.323 e. The monoisotopic (exact) mass is 504 g/mol. The van der Waals surface area contributed by atoms with Crippen molar-refractivity contribution in [3.05, 3.63) is 60.7 Å². The molecule has 4 aromatic carbocycles. The lowest BCUT2D eigenvalue weighted by Gasteiger charge is -2.12. The number of phenols is 2. The highest BCUT2D eigenvalue weighted by atomic mass is 32.2. The molecule has 0 aliphatic rings. The van der Waals surface area contributed by atoms with Crippen molar-refractivity contribution in [1.29, 1.82) is 0 Å². The zero-order valence-electron chi connectivity index (χ0n) is 16.9. The summed E-state index contributed by atoms with van der Waals surface area (Å²) >= 11 is 0. The number of urea groups is 1. The van der Waals surface area contributed by atoms with Gasteiger partial charge in [-0.25, -0.2) is 4.79 Å². The molecule has 4 aromatic rings. The molecule has 0 heterocycles. The molecule has 0 fully saturated rings. The van der Waals surface area contributed by atoms with Crippen molar-refractivity contribution in [1.82, 2.24) is 0 Å². The number of benzene rings is 4. The van der Waals surface area contributed by atoms with E-state index in [1.54, 1.807) is 0 Å². The normalized spacial score (nSPS) is 12.1. The lowest BCUT2D eigenvalue weighted by Crippen LogP contribution is -2.19. The Bertz CT molecular complexity index is 1570. The van der Waals surface area contributed by atoms with E-state index in [0.717, 1.165) is 24.3 Å². The van der Waals surface area contributed by atoms with E-state index < -0.39 is 36.1 Å². The Hall–Kier alpha value is -3.91. The molecular weight excluding hydrogens is 488 g/mol. The molecule has 0 aromatic heterocycles. The number of nitrogens with one attached hydrogen (secondary N) is 2. The van der Waals surface area contributed by atoms with Gasteiger partial charge in [-0.05, 0) is 60.7 Å². The third-order valence-electron chi connectivity index (χ3n) is 4.98. The first-order valence-corrected chi connectivity index (χ1v) is 12.3. The predicted molar refractivity (Wildman–Crippen MR) is 123 cm³/mol. The second-order valence-corrected chi connectivity index (χ2v) is 10.00. The average molecular weight is 504 g/mol. The van der Waals surface area contributed by atoms with Gasteiger partial charge in [-0.3, -0.25) is 9.11 Å². The molecule has 0 radical (unpaired) electrons. The molecule has 0 unspecified atom stereocenters. The Morgan fingerprint density at radius 2 is 0.971 bits per heavy atom. The maximum absolute atomic E-state index is 12.5. The van der Waals surface area contributed by atoms with Gasteiger partial charge < -0.3 is 20.8 Å². The zero-order valence-corrected chi connectivity index (χ0v) is 18.6. The van der Waals surface area contributed by atoms with Crippen LogP contribution in [0.3, 0.4) is 0 Å². The van der Waals surface area contributed by atoms with Crippen LogP contribution in [0.25, 0.3) is 21.5 Å². The maximum atomic E-state index is 12.5. The molecule has 6 N–H and O–H groups in total. The van der Waals surface area contributed by atoms with Crippen LogP contribution in [-0.2, 0) is 20.2 Å². The van der Waals surface area contributed by atoms with Crippen LogP contribution in [0.2, 0.25) is 0 Å². The Labute approximate surface area is 192 Å². The fourth-order valence-corrected chi connectivity index (χ4v) is 4.88. The van der Waals surface area contributed by atoms with E-state index in [1.165, 1.54) is 36.4 Å². The molecule has 0 saturated carbocycles. The standard InChI is InChI=1S/C21H16N2O9S2/c24-17-5-7-19(33(27,28)29)15-9-11(1-3-13(15)17)22-21(26)23-12-2-4-14-16(10-12)20(34(30,31)32)8-6-18(14)25/h1-10,24-25H,(H2,22,23,26)(H,27,28,29)(H,30,31,32). The minimum Gasteiger partial charge on any atom is -0.507 e. The first kappa shape index (κ1) is 23.3. The molecular formula is C21H16N2O9S2. The molecule has 176 valence electrons. The van der Waals surface area contributed by atoms with E-state index in [-0.39, 0.29) is 44.4 Å². The topological polar surface area (TPSA) is 190 Å². The summed E-state index contributed by atoms with van der Waals surface area (Å²) in [7, 11) is -9.22. The van der Waals surface area contributed by atoms with Gasteiger partial charge in [0.05, 0.1) is 0 Å². The summed E-state index contributed by atoms with van der Waals surface area (Å²) in [4.78, 5) is 11.6. The van der Waals surface area contributed by atoms with Crippen molar-refractivity contribution in [2.45, 2.75) is 9.79 Å². The first-order chi connectivity index (χ1) is 15.8. The van der Waals surface area contributed by atoms with Gasteiger partial charge in [0.25, 0.3) is 20.2 Å². The van der Waals surface area contributed by atoms with E-state index >= 15 is 0 Å². The van der Waals surface area contributed by atoms with Crippen molar-refractivity contribution in [3.63, 3.8) is 0 Å². The van der Waals surface area contributed by atoms with Crippen molar-refractivity contribution < 1.29 is 40.9 Å². The SMILES string of the molecule is O=C(Nc1ccc2c(O)ccc(S(=O)(=O)O)c2c1)Nc1ccc2c(O)ccc(S(=O)(=O)O)c2c1. The predicted octanol–water partition coefficient (Wildman–Crippen LogP) is 3.54. The van der Waals surface area contributed by atoms with Crippen molar-refractivity contribution in [3.8, 4) is 11.5 Å². The number of carbonyl (C=O) groups excluding carboxylic acids is 1. The maximum Gasteiger partial charge on any atom is 0.323 e. The van der Waals surface area contributed by atoms with Crippen LogP contribution >= 0.6 is 0 Å². The van der Waals surface area contributed by atoms with Gasteiger partial charge in [-0.15, -0.1) is 0 Å². The zero-order chi connectivity index (χ0) is 24.8. The Morgan fingerprint density at radius 3 is 1.32 bits per heavy atom. The second-order valence-electron chi connectivity index (χ2n) is 7.22. The molecule has 0 saturated heterocycles. The van der Waals surface area contributed by atoms with Gasteiger partial charge in [-0.1, -0.05) is 0 Å². The van der Waals surface area contributed by atoms with Gasteiger partial charge in [0.15, 0.2) is 0 Å². The number of amides is 2. The number of hydrogen-bond donors (Lipinski definition) is 6. The molecule has 0 spiro atoms. The number of rotatable bonds is 4. The van der Waals surface area contributed by atoms with Crippen LogP contribution in [-0.4, -0.2) is 42.2 Å². The van der Waals surface area contributed by atoms with Crippen molar-refractivity contribution >= 4 is 59.2 Å². The van der Waals surface area contributed by atoms with Crippen LogP contribution in [0, 0.1) is 0 Å². The fraction of sp³-hybridized carbons (Fsp3) is 0. The van der Waals surface area contributed by atoms with E-state index in [9.17, 15) is 40.9 Å². The summed E-state index contributed by atoms with van der Waals surface area (Å²) in [6.45, 7) is 0. The average Bonchev–Trinajstić information content (AvgIpc) is 2.72. The molecule has 0 atom stereocenters. The third-order valence-corrected chi connectivity index (χ3v) is 6.80. The van der Waals surface area contributed by atoms with Gasteiger partial charge >= 0.3 is 6.03 Å². The number of fused-ring (bicyclic) bond motifs is 2. The molecule has 0 aliphatic carbocycles. The lowest BCUT2D eigenvalue weighted by molar-refractivity contribution is 0.262. The minimum atomic E-state index is -4.61. The molecule has 0 bridgehead atoms. The molecule has 0 aliphatic heterocycles. The summed E-state index contributed by atoms with van der Waals surface area (Å²) in [5, 5.41) is 25.0. The summed E-state index contributed by atoms with van der Waals surface area (Å²) < 4.78 is 65.5. The van der Waals surface area contributed by atoms with Crippen LogP contribution < -0.4 is 10.6 Å². The summed E-state index contributed by atoms with van der Waals surface area (Å²) in [5.41, 5.74) is 0.245. The van der Waals surface area contributed by atoms with Gasteiger partial charge in [0, 0.05) is 32.9 Å². The molecule has 4 rings (SSSR count). The number of hydrogen-bond acceptors (Lipinski definition) is 7. The third kappa shape index (κ3) is 4.45. The lowest BCUT2D eigenvalue weighted by atomic mass is 10.1. The highest BCUT2D eigenvalue weighted by Crippen LogP contribution is 2.34. The van der Waals surface area contributed by atoms with E-state index in [4.69, 9.17) is 0 Å². The van der Waals surface area contributed by atoms with Crippen LogP contribution in [0.1, 0.15) is 0 Å². The van der Waals surface area contributed by atoms with Crippen LogP contribution in [0.5, 0.6) is 11.5 Å². The fourth-order valence-electron chi connectivity index (χ4n) is 3.51. The highest BCUT2D eigenvalue weighted by molar-refractivity contribution is 7.86. The quantitative estimate of drug-likeness (QED) is 0.226. The van der Waals surface area contributed by atoms with Crippen LogP contribution in [0.15, 0.2) is 70.5 Å². The molecule has 2 amide bonds. The minimum absolute atomic E-state index is 0.0284. The molecule has 13 heteroatoms. The van der Waals surface area contributed by atoms with E-state index in [1.807, 2.05) is 0 Å². The van der Waals surface area contributed by atoms with Gasteiger partial charge in [-0.2, -0.15) is 16.8 Å². The van der Waals surface area contributed by atoms with Gasteiger partial charge in [0.2, 0.25) is 0 Å². The summed E-state index contributed by atoms with van der Waals surface area (Å²) in [6, 6.07) is 11.5. The number of carbonyl (C=O) groups is 1. The molecule has 11 nitrogen and oxygen atoms in total. The Morgan fingerprint density at radius 1 is 0.588 bits per heavy atom. The Balaban J connectivity index is 1.67. The van der Waals surface area contributed by atoms with Crippen LogP contribution in [0.4, 0.5) is 16.2 Å². The summed E-state index contributed by atoms with van der Waals surface area (Å²) in [6.07, 6.45) is 0. The largest absolute Gasteiger partial charge is 0.507 e. The van der Waals surface area contributed by atoms with Crippen molar-refractivity contribution in [2.75, 3.05) is 10.6 Å². The number of anilines is 2. The molecule has 34 heavy (non-hydrogen) atoms. The number of aromatic hydroxyl groups is 2. The Kier molecular flexibility index (Phi) is 5.57. The van der Waals surface area contributed by atoms with E-state index in [0.29, 0.717) is 0 Å². The van der Waals surface area contributed by atoms with E-state index in [2.05, 4.69) is 10.6 Å². The number of phenolic OH excluding ortho intramolecular Hbond substituents is 2. The second kappa shape index (κ2) is 8.14.